The zero-order valence-corrected chi connectivity index (χ0v) is 9.58. The lowest BCUT2D eigenvalue weighted by Gasteiger charge is -2.01. The fourth-order valence-corrected chi connectivity index (χ4v) is 1.92. The number of benzene rings is 1. The van der Waals surface area contributed by atoms with Crippen molar-refractivity contribution in [2.45, 2.75) is 13.3 Å². The van der Waals surface area contributed by atoms with Crippen molar-refractivity contribution in [2.24, 2.45) is 0 Å². The van der Waals surface area contributed by atoms with E-state index in [1.807, 2.05) is 37.3 Å². The van der Waals surface area contributed by atoms with Gasteiger partial charge in [-0.25, -0.2) is 0 Å². The van der Waals surface area contributed by atoms with E-state index in [1.165, 1.54) is 0 Å². The van der Waals surface area contributed by atoms with Crippen LogP contribution in [-0.2, 0) is 11.2 Å². The summed E-state index contributed by atoms with van der Waals surface area (Å²) in [7, 11) is 0. The van der Waals surface area contributed by atoms with Crippen LogP contribution in [0.1, 0.15) is 11.3 Å². The maximum Gasteiger partial charge on any atom is 0.225 e. The van der Waals surface area contributed by atoms with Gasteiger partial charge in [0, 0.05) is 16.6 Å². The Morgan fingerprint density at radius 1 is 1.47 bits per heavy atom. The zero-order valence-electron chi connectivity index (χ0n) is 9.58. The predicted molar refractivity (Wildman–Crippen MR) is 65.4 cm³/mol. The summed E-state index contributed by atoms with van der Waals surface area (Å²) in [5, 5.41) is 12.0. The molecule has 1 aromatic heterocycles. The number of aromatic amines is 1. The SMILES string of the molecule is Cc1[nH]c2ccccc2c1CC(=O)NCC#N. The summed E-state index contributed by atoms with van der Waals surface area (Å²) in [6, 6.07) is 9.77. The summed E-state index contributed by atoms with van der Waals surface area (Å²) in [4.78, 5) is 14.8. The number of hydrogen-bond acceptors (Lipinski definition) is 2. The van der Waals surface area contributed by atoms with Crippen LogP contribution >= 0.6 is 0 Å². The van der Waals surface area contributed by atoms with Crippen molar-refractivity contribution in [2.75, 3.05) is 6.54 Å². The first-order valence-corrected chi connectivity index (χ1v) is 5.42. The Bertz CT molecular complexity index is 592. The van der Waals surface area contributed by atoms with E-state index < -0.39 is 0 Å². The smallest absolute Gasteiger partial charge is 0.225 e. The standard InChI is InChI=1S/C13H13N3O/c1-9-11(8-13(17)15-7-6-14)10-4-2-3-5-12(10)16-9/h2-5,16H,7-8H2,1H3,(H,15,17). The van der Waals surface area contributed by atoms with Crippen LogP contribution < -0.4 is 5.32 Å². The van der Waals surface area contributed by atoms with Crippen LogP contribution in [0.5, 0.6) is 0 Å². The maximum atomic E-state index is 11.6. The molecule has 2 aromatic rings. The van der Waals surface area contributed by atoms with Crippen molar-refractivity contribution in [1.82, 2.24) is 10.3 Å². The molecule has 4 heteroatoms. The van der Waals surface area contributed by atoms with Gasteiger partial charge in [-0.15, -0.1) is 0 Å². The Labute approximate surface area is 99.3 Å². The van der Waals surface area contributed by atoms with Crippen molar-refractivity contribution in [3.8, 4) is 6.07 Å². The monoisotopic (exact) mass is 227 g/mol. The van der Waals surface area contributed by atoms with E-state index in [0.29, 0.717) is 6.42 Å². The number of H-pyrrole nitrogens is 1. The molecule has 86 valence electrons. The molecule has 0 aliphatic carbocycles. The van der Waals surface area contributed by atoms with Crippen molar-refractivity contribution in [3.63, 3.8) is 0 Å². The highest BCUT2D eigenvalue weighted by Crippen LogP contribution is 2.22. The first-order valence-electron chi connectivity index (χ1n) is 5.42. The highest BCUT2D eigenvalue weighted by Gasteiger charge is 2.11. The maximum absolute atomic E-state index is 11.6. The number of aromatic nitrogens is 1. The second kappa shape index (κ2) is 4.71. The first kappa shape index (κ1) is 11.2. The molecule has 0 unspecified atom stereocenters. The van der Waals surface area contributed by atoms with E-state index in [2.05, 4.69) is 10.3 Å². The molecule has 2 rings (SSSR count). The molecule has 0 spiro atoms. The quantitative estimate of drug-likeness (QED) is 0.783. The number of carbonyl (C=O) groups is 1. The third kappa shape index (κ3) is 2.28. The lowest BCUT2D eigenvalue weighted by atomic mass is 10.1. The first-order chi connectivity index (χ1) is 8.22. The number of hydrogen-bond donors (Lipinski definition) is 2. The molecule has 0 radical (unpaired) electrons. The minimum absolute atomic E-state index is 0.0558. The summed E-state index contributed by atoms with van der Waals surface area (Å²) >= 11 is 0. The summed E-state index contributed by atoms with van der Waals surface area (Å²) in [6.07, 6.45) is 0.303. The van der Waals surface area contributed by atoms with Gasteiger partial charge >= 0.3 is 0 Å². The molecule has 0 atom stereocenters. The average Bonchev–Trinajstić information content (AvgIpc) is 2.64. The highest BCUT2D eigenvalue weighted by atomic mass is 16.1. The van der Waals surface area contributed by atoms with E-state index in [-0.39, 0.29) is 12.5 Å². The molecule has 4 nitrogen and oxygen atoms in total. The molecule has 0 fully saturated rings. The Kier molecular flexibility index (Phi) is 3.10. The topological polar surface area (TPSA) is 68.7 Å². The molecule has 2 N–H and O–H groups in total. The predicted octanol–water partition coefficient (Wildman–Crippen LogP) is 1.66. The van der Waals surface area contributed by atoms with Crippen molar-refractivity contribution >= 4 is 16.8 Å². The van der Waals surface area contributed by atoms with Crippen molar-refractivity contribution in [1.29, 1.82) is 5.26 Å². The molecule has 0 saturated heterocycles. The van der Waals surface area contributed by atoms with Gasteiger partial charge < -0.3 is 10.3 Å². The minimum Gasteiger partial charge on any atom is -0.358 e. The van der Waals surface area contributed by atoms with Gasteiger partial charge in [-0.2, -0.15) is 5.26 Å². The van der Waals surface area contributed by atoms with Crippen LogP contribution in [0.15, 0.2) is 24.3 Å². The fraction of sp³-hybridized carbons (Fsp3) is 0.231. The Hall–Kier alpha value is -2.28. The fourth-order valence-electron chi connectivity index (χ4n) is 1.92. The van der Waals surface area contributed by atoms with Gasteiger partial charge in [-0.3, -0.25) is 4.79 Å². The lowest BCUT2D eigenvalue weighted by Crippen LogP contribution is -2.25. The summed E-state index contributed by atoms with van der Waals surface area (Å²) in [6.45, 7) is 2.01. The van der Waals surface area contributed by atoms with Crippen LogP contribution in [0, 0.1) is 18.3 Å². The summed E-state index contributed by atoms with van der Waals surface area (Å²) in [5.74, 6) is -0.126. The van der Waals surface area contributed by atoms with Gasteiger partial charge in [-0.1, -0.05) is 18.2 Å². The van der Waals surface area contributed by atoms with E-state index in [4.69, 9.17) is 5.26 Å². The number of rotatable bonds is 3. The molecule has 0 bridgehead atoms. The molecule has 0 saturated carbocycles. The van der Waals surface area contributed by atoms with E-state index >= 15 is 0 Å². The second-order valence-electron chi connectivity index (χ2n) is 3.89. The average molecular weight is 227 g/mol. The Morgan fingerprint density at radius 3 is 3.00 bits per heavy atom. The number of amides is 1. The van der Waals surface area contributed by atoms with Crippen LogP contribution in [0.25, 0.3) is 10.9 Å². The number of aryl methyl sites for hydroxylation is 1. The minimum atomic E-state index is -0.126. The van der Waals surface area contributed by atoms with Gasteiger partial charge in [-0.05, 0) is 18.6 Å². The van der Waals surface area contributed by atoms with Crippen molar-refractivity contribution in [3.05, 3.63) is 35.5 Å². The Balaban J connectivity index is 2.27. The summed E-state index contributed by atoms with van der Waals surface area (Å²) < 4.78 is 0. The van der Waals surface area contributed by atoms with E-state index in [1.54, 1.807) is 0 Å². The molecular formula is C13H13N3O. The third-order valence-electron chi connectivity index (χ3n) is 2.73. The molecule has 1 heterocycles. The Morgan fingerprint density at radius 2 is 2.24 bits per heavy atom. The van der Waals surface area contributed by atoms with Gasteiger partial charge in [0.05, 0.1) is 12.5 Å². The lowest BCUT2D eigenvalue weighted by molar-refractivity contribution is -0.120. The molecule has 0 aliphatic heterocycles. The highest BCUT2D eigenvalue weighted by molar-refractivity contribution is 5.90. The van der Waals surface area contributed by atoms with E-state index in [9.17, 15) is 4.79 Å². The second-order valence-corrected chi connectivity index (χ2v) is 3.89. The number of para-hydroxylation sites is 1. The number of carbonyl (C=O) groups excluding carboxylic acids is 1. The van der Waals surface area contributed by atoms with Crippen LogP contribution in [0.3, 0.4) is 0 Å². The van der Waals surface area contributed by atoms with Gasteiger partial charge in [0.15, 0.2) is 0 Å². The number of fused-ring (bicyclic) bond motifs is 1. The summed E-state index contributed by atoms with van der Waals surface area (Å²) in [5.41, 5.74) is 3.03. The molecule has 1 amide bonds. The molecule has 17 heavy (non-hydrogen) atoms. The number of nitrogens with zero attached hydrogens (tertiary/aromatic N) is 1. The van der Waals surface area contributed by atoms with Gasteiger partial charge in [0.2, 0.25) is 5.91 Å². The van der Waals surface area contributed by atoms with Crippen LogP contribution in [-0.4, -0.2) is 17.4 Å². The van der Waals surface area contributed by atoms with Gasteiger partial charge in [0.25, 0.3) is 0 Å². The van der Waals surface area contributed by atoms with Crippen molar-refractivity contribution < 1.29 is 4.79 Å². The van der Waals surface area contributed by atoms with Crippen LogP contribution in [0.4, 0.5) is 0 Å². The largest absolute Gasteiger partial charge is 0.358 e. The van der Waals surface area contributed by atoms with Crippen LogP contribution in [0.2, 0.25) is 0 Å². The normalized spacial score (nSPS) is 10.1. The van der Waals surface area contributed by atoms with Gasteiger partial charge in [0.1, 0.15) is 6.54 Å². The van der Waals surface area contributed by atoms with E-state index in [0.717, 1.165) is 22.2 Å². The number of nitrogens with one attached hydrogen (secondary N) is 2. The zero-order chi connectivity index (χ0) is 12.3. The third-order valence-corrected chi connectivity index (χ3v) is 2.73. The molecular weight excluding hydrogens is 214 g/mol. The molecule has 1 aromatic carbocycles. The molecule has 0 aliphatic rings. The number of nitriles is 1.